The zero-order valence-corrected chi connectivity index (χ0v) is 11.3. The fourth-order valence-electron chi connectivity index (χ4n) is 2.26. The Morgan fingerprint density at radius 3 is 2.05 bits per heavy atom. The molecule has 0 amide bonds. The van der Waals surface area contributed by atoms with Crippen LogP contribution in [0.15, 0.2) is 66.7 Å². The number of nitrogens with zero attached hydrogens (tertiary/aromatic N) is 1. The predicted octanol–water partition coefficient (Wildman–Crippen LogP) is 4.56. The van der Waals surface area contributed by atoms with Gasteiger partial charge in [-0.1, -0.05) is 42.5 Å². The SMILES string of the molecule is N#CC(=Cc1ccc2cccc-2cc1)c1ccc(O)cc1. The van der Waals surface area contributed by atoms with Crippen LogP contribution in [0.1, 0.15) is 11.1 Å². The third kappa shape index (κ3) is 2.77. The number of hydrogen-bond donors (Lipinski definition) is 1. The Kier molecular flexibility index (Phi) is 3.41. The van der Waals surface area contributed by atoms with Gasteiger partial charge in [-0.25, -0.2) is 0 Å². The van der Waals surface area contributed by atoms with E-state index in [-0.39, 0.29) is 5.75 Å². The van der Waals surface area contributed by atoms with E-state index >= 15 is 0 Å². The van der Waals surface area contributed by atoms with E-state index in [1.165, 1.54) is 11.1 Å². The molecule has 0 unspecified atom stereocenters. The highest BCUT2D eigenvalue weighted by atomic mass is 16.3. The molecule has 2 aliphatic carbocycles. The maximum atomic E-state index is 9.34. The van der Waals surface area contributed by atoms with Gasteiger partial charge in [-0.15, -0.1) is 0 Å². The summed E-state index contributed by atoms with van der Waals surface area (Å²) < 4.78 is 0. The van der Waals surface area contributed by atoms with Crippen molar-refractivity contribution >= 4 is 11.6 Å². The fraction of sp³-hybridized carbons (Fsp3) is 0. The Bertz CT molecular complexity index is 779. The van der Waals surface area contributed by atoms with Crippen molar-refractivity contribution in [1.82, 2.24) is 0 Å². The Hall–Kier alpha value is -3.05. The number of aromatic hydroxyl groups is 1. The van der Waals surface area contributed by atoms with Crippen molar-refractivity contribution in [3.8, 4) is 22.9 Å². The Morgan fingerprint density at radius 1 is 0.857 bits per heavy atom. The second kappa shape index (κ2) is 5.52. The lowest BCUT2D eigenvalue weighted by Gasteiger charge is -1.99. The number of nitriles is 1. The van der Waals surface area contributed by atoms with Crippen LogP contribution in [0.4, 0.5) is 0 Å². The summed E-state index contributed by atoms with van der Waals surface area (Å²) in [5.41, 5.74) is 4.69. The molecule has 1 aromatic carbocycles. The van der Waals surface area contributed by atoms with Gasteiger partial charge in [-0.2, -0.15) is 5.26 Å². The van der Waals surface area contributed by atoms with Crippen molar-refractivity contribution in [3.05, 3.63) is 77.9 Å². The van der Waals surface area contributed by atoms with Gasteiger partial charge in [0.2, 0.25) is 0 Å². The van der Waals surface area contributed by atoms with Gasteiger partial charge >= 0.3 is 0 Å². The second-order valence-electron chi connectivity index (χ2n) is 4.82. The van der Waals surface area contributed by atoms with Crippen LogP contribution < -0.4 is 0 Å². The van der Waals surface area contributed by atoms with Crippen LogP contribution in [0.2, 0.25) is 0 Å². The first-order valence-electron chi connectivity index (χ1n) is 6.66. The molecular formula is C19H13NO. The Morgan fingerprint density at radius 2 is 1.48 bits per heavy atom. The second-order valence-corrected chi connectivity index (χ2v) is 4.82. The number of benzene rings is 1. The minimum absolute atomic E-state index is 0.195. The molecule has 0 saturated heterocycles. The Labute approximate surface area is 123 Å². The van der Waals surface area contributed by atoms with Crippen molar-refractivity contribution in [3.63, 3.8) is 0 Å². The van der Waals surface area contributed by atoms with Crippen molar-refractivity contribution in [1.29, 1.82) is 5.26 Å². The maximum absolute atomic E-state index is 9.34. The summed E-state index contributed by atoms with van der Waals surface area (Å²) in [5, 5.41) is 18.7. The van der Waals surface area contributed by atoms with Gasteiger partial charge in [0.05, 0.1) is 11.6 Å². The van der Waals surface area contributed by atoms with Crippen LogP contribution in [0, 0.1) is 11.3 Å². The first-order chi connectivity index (χ1) is 10.3. The summed E-state index contributed by atoms with van der Waals surface area (Å²) in [6.45, 7) is 0. The number of hydrogen-bond acceptors (Lipinski definition) is 2. The lowest BCUT2D eigenvalue weighted by Crippen LogP contribution is -1.80. The monoisotopic (exact) mass is 271 g/mol. The van der Waals surface area contributed by atoms with Gasteiger partial charge in [0, 0.05) is 0 Å². The number of rotatable bonds is 2. The van der Waals surface area contributed by atoms with Gasteiger partial charge in [-0.05, 0) is 52.6 Å². The predicted molar refractivity (Wildman–Crippen MR) is 84.7 cm³/mol. The molecule has 2 heteroatoms. The molecule has 1 aromatic rings. The normalized spacial score (nSPS) is 11.3. The van der Waals surface area contributed by atoms with Crippen LogP contribution >= 0.6 is 0 Å². The zero-order valence-electron chi connectivity index (χ0n) is 11.3. The third-order valence-electron chi connectivity index (χ3n) is 3.41. The van der Waals surface area contributed by atoms with Gasteiger partial charge < -0.3 is 5.11 Å². The molecule has 100 valence electrons. The highest BCUT2D eigenvalue weighted by molar-refractivity contribution is 5.89. The van der Waals surface area contributed by atoms with Gasteiger partial charge in [0.15, 0.2) is 0 Å². The van der Waals surface area contributed by atoms with E-state index in [4.69, 9.17) is 0 Å². The van der Waals surface area contributed by atoms with Gasteiger partial charge in [0.1, 0.15) is 5.75 Å². The molecule has 0 atom stereocenters. The molecule has 0 saturated carbocycles. The molecule has 2 nitrogen and oxygen atoms in total. The first-order valence-corrected chi connectivity index (χ1v) is 6.66. The van der Waals surface area contributed by atoms with E-state index in [1.807, 2.05) is 36.4 Å². The number of phenols is 1. The van der Waals surface area contributed by atoms with Crippen molar-refractivity contribution < 1.29 is 5.11 Å². The smallest absolute Gasteiger partial charge is 0.115 e. The van der Waals surface area contributed by atoms with E-state index in [0.29, 0.717) is 5.57 Å². The average Bonchev–Trinajstić information content (AvgIpc) is 2.87. The van der Waals surface area contributed by atoms with Crippen LogP contribution in [0.25, 0.3) is 22.8 Å². The summed E-state index contributed by atoms with van der Waals surface area (Å²) in [5.74, 6) is 0.195. The molecule has 0 fully saturated rings. The molecule has 0 spiro atoms. The Balaban J connectivity index is 2.03. The zero-order chi connectivity index (χ0) is 14.7. The average molecular weight is 271 g/mol. The lowest BCUT2D eigenvalue weighted by atomic mass is 10.0. The molecular weight excluding hydrogens is 258 g/mol. The van der Waals surface area contributed by atoms with Crippen molar-refractivity contribution in [2.75, 3.05) is 0 Å². The third-order valence-corrected chi connectivity index (χ3v) is 3.41. The quantitative estimate of drug-likeness (QED) is 0.694. The highest BCUT2D eigenvalue weighted by Gasteiger charge is 2.02. The van der Waals surface area contributed by atoms with E-state index in [2.05, 4.69) is 18.2 Å². The van der Waals surface area contributed by atoms with Crippen LogP contribution in [0.3, 0.4) is 0 Å². The molecule has 1 N–H and O–H groups in total. The molecule has 0 heterocycles. The van der Waals surface area contributed by atoms with Crippen LogP contribution in [0.5, 0.6) is 5.75 Å². The highest BCUT2D eigenvalue weighted by Crippen LogP contribution is 2.24. The summed E-state index contributed by atoms with van der Waals surface area (Å²) in [6, 6.07) is 23.1. The van der Waals surface area contributed by atoms with Crippen molar-refractivity contribution in [2.45, 2.75) is 0 Å². The standard InChI is InChI=1S/C19H13NO/c20-13-18(17-8-10-19(21)11-9-17)12-14-4-6-15-2-1-3-16(15)7-5-14/h1-12,21H. The first kappa shape index (κ1) is 13.0. The van der Waals surface area contributed by atoms with E-state index in [0.717, 1.165) is 11.1 Å². The van der Waals surface area contributed by atoms with E-state index < -0.39 is 0 Å². The van der Waals surface area contributed by atoms with Crippen LogP contribution in [-0.2, 0) is 0 Å². The van der Waals surface area contributed by atoms with E-state index in [1.54, 1.807) is 24.3 Å². The molecule has 3 rings (SSSR count). The number of allylic oxidation sites excluding steroid dienone is 1. The molecule has 0 bridgehead atoms. The van der Waals surface area contributed by atoms with E-state index in [9.17, 15) is 10.4 Å². The molecule has 0 aromatic heterocycles. The van der Waals surface area contributed by atoms with Crippen LogP contribution in [-0.4, -0.2) is 5.11 Å². The van der Waals surface area contributed by atoms with Gasteiger partial charge in [0.25, 0.3) is 0 Å². The summed E-state index contributed by atoms with van der Waals surface area (Å²) in [7, 11) is 0. The summed E-state index contributed by atoms with van der Waals surface area (Å²) in [4.78, 5) is 0. The molecule has 2 aliphatic rings. The minimum Gasteiger partial charge on any atom is -0.508 e. The largest absolute Gasteiger partial charge is 0.508 e. The molecule has 21 heavy (non-hydrogen) atoms. The summed E-state index contributed by atoms with van der Waals surface area (Å²) in [6.07, 6.45) is 1.85. The fourth-order valence-corrected chi connectivity index (χ4v) is 2.26. The van der Waals surface area contributed by atoms with Gasteiger partial charge in [-0.3, -0.25) is 0 Å². The minimum atomic E-state index is 0.195. The van der Waals surface area contributed by atoms with Crippen molar-refractivity contribution in [2.24, 2.45) is 0 Å². The lowest BCUT2D eigenvalue weighted by molar-refractivity contribution is 0.475. The maximum Gasteiger partial charge on any atom is 0.115 e. The number of phenolic OH excluding ortho intramolecular Hbond substituents is 1. The number of fused-ring (bicyclic) bond motifs is 1. The summed E-state index contributed by atoms with van der Waals surface area (Å²) >= 11 is 0. The topological polar surface area (TPSA) is 44.0 Å². The molecule has 0 radical (unpaired) electrons. The molecule has 0 aliphatic heterocycles.